The van der Waals surface area contributed by atoms with Crippen LogP contribution in [0.2, 0.25) is 5.02 Å². The number of para-hydroxylation sites is 2. The summed E-state index contributed by atoms with van der Waals surface area (Å²) in [5.74, 6) is 0.164. The van der Waals surface area contributed by atoms with Crippen LogP contribution in [0, 0.1) is 18.3 Å². The number of benzene rings is 3. The molecule has 0 atom stereocenters. The van der Waals surface area contributed by atoms with Gasteiger partial charge in [0, 0.05) is 28.7 Å². The summed E-state index contributed by atoms with van der Waals surface area (Å²) in [7, 11) is 0. The van der Waals surface area contributed by atoms with Crippen LogP contribution in [0.3, 0.4) is 0 Å². The lowest BCUT2D eigenvalue weighted by atomic mass is 10.1. The van der Waals surface area contributed by atoms with Gasteiger partial charge >= 0.3 is 0 Å². The maximum atomic E-state index is 13.1. The molecule has 0 unspecified atom stereocenters. The highest BCUT2D eigenvalue weighted by molar-refractivity contribution is 8.18. The molecule has 8 heteroatoms. The fourth-order valence-electron chi connectivity index (χ4n) is 4.41. The van der Waals surface area contributed by atoms with Crippen molar-refractivity contribution in [1.29, 1.82) is 5.26 Å². The minimum atomic E-state index is -0.344. The number of ether oxygens (including phenoxy) is 1. The normalized spacial score (nSPS) is 14.5. The topological polar surface area (TPSA) is 75.3 Å². The van der Waals surface area contributed by atoms with E-state index in [2.05, 4.69) is 10.6 Å². The molecule has 0 saturated carbocycles. The van der Waals surface area contributed by atoms with Gasteiger partial charge in [0.2, 0.25) is 0 Å². The number of carbonyl (C=O) groups excluding carboxylic acids is 2. The van der Waals surface area contributed by atoms with Gasteiger partial charge in [0.05, 0.1) is 28.1 Å². The summed E-state index contributed by atoms with van der Waals surface area (Å²) in [5, 5.41) is 10.6. The predicted octanol–water partition coefficient (Wildman–Crippen LogP) is 6.64. The maximum absolute atomic E-state index is 13.1. The molecule has 1 fully saturated rings. The van der Waals surface area contributed by atoms with Crippen LogP contribution < -0.4 is 4.74 Å². The minimum absolute atomic E-state index is 0.124. The molecule has 1 aromatic heterocycles. The van der Waals surface area contributed by atoms with Crippen LogP contribution in [0.1, 0.15) is 22.4 Å². The van der Waals surface area contributed by atoms with E-state index < -0.39 is 0 Å². The Morgan fingerprint density at radius 1 is 1.03 bits per heavy atom. The summed E-state index contributed by atoms with van der Waals surface area (Å²) in [5.41, 5.74) is 4.36. The van der Waals surface area contributed by atoms with E-state index in [9.17, 15) is 14.9 Å². The molecular formula is C29H22ClN3O3S. The Labute approximate surface area is 223 Å². The smallest absolute Gasteiger partial charge is 0.293 e. The minimum Gasteiger partial charge on any atom is -0.490 e. The van der Waals surface area contributed by atoms with E-state index in [1.807, 2.05) is 61.5 Å². The Hall–Kier alpha value is -3.99. The average Bonchev–Trinajstić information content (AvgIpc) is 3.33. The van der Waals surface area contributed by atoms with Gasteiger partial charge in [-0.1, -0.05) is 60.1 Å². The lowest BCUT2D eigenvalue weighted by molar-refractivity contribution is -0.123. The fourth-order valence-corrected chi connectivity index (χ4v) is 5.45. The molecule has 0 radical (unpaired) electrons. The largest absolute Gasteiger partial charge is 0.490 e. The van der Waals surface area contributed by atoms with Gasteiger partial charge in [-0.05, 0) is 54.6 Å². The number of hydrogen-bond acceptors (Lipinski definition) is 5. The van der Waals surface area contributed by atoms with Gasteiger partial charge in [-0.25, -0.2) is 0 Å². The number of fused-ring (bicyclic) bond motifs is 1. The van der Waals surface area contributed by atoms with Crippen LogP contribution >= 0.6 is 23.4 Å². The SMILES string of the molecule is Cc1c(/C=C2\SC(=O)N(CCOc3ccccc3Cl)C2=O)c2ccccc2n1Cc1ccccc1C#N. The zero-order chi connectivity index (χ0) is 25.9. The molecule has 37 heavy (non-hydrogen) atoms. The highest BCUT2D eigenvalue weighted by Gasteiger charge is 2.35. The molecule has 4 aromatic rings. The van der Waals surface area contributed by atoms with Crippen molar-refractivity contribution in [2.75, 3.05) is 13.2 Å². The number of hydrogen-bond donors (Lipinski definition) is 0. The van der Waals surface area contributed by atoms with Crippen molar-refractivity contribution in [3.8, 4) is 11.8 Å². The van der Waals surface area contributed by atoms with Gasteiger partial charge in [-0.2, -0.15) is 5.26 Å². The summed E-state index contributed by atoms with van der Waals surface area (Å²) < 4.78 is 7.81. The molecular weight excluding hydrogens is 506 g/mol. The molecule has 5 rings (SSSR count). The predicted molar refractivity (Wildman–Crippen MR) is 147 cm³/mol. The third-order valence-corrected chi connectivity index (χ3v) is 7.52. The first-order chi connectivity index (χ1) is 18.0. The summed E-state index contributed by atoms with van der Waals surface area (Å²) in [4.78, 5) is 27.4. The Morgan fingerprint density at radius 3 is 2.57 bits per heavy atom. The molecule has 2 amide bonds. The van der Waals surface area contributed by atoms with Gasteiger partial charge < -0.3 is 9.30 Å². The van der Waals surface area contributed by atoms with Crippen LogP contribution in [0.5, 0.6) is 5.75 Å². The molecule has 1 aliphatic heterocycles. The number of nitrogens with zero attached hydrogens (tertiary/aromatic N) is 3. The highest BCUT2D eigenvalue weighted by atomic mass is 35.5. The molecule has 2 heterocycles. The average molecular weight is 528 g/mol. The van der Waals surface area contributed by atoms with E-state index in [0.29, 0.717) is 27.8 Å². The van der Waals surface area contributed by atoms with Gasteiger partial charge in [-0.3, -0.25) is 14.5 Å². The summed E-state index contributed by atoms with van der Waals surface area (Å²) in [6.45, 7) is 2.78. The standard InChI is InChI=1S/C29H22ClN3O3S/c1-19-23(22-10-4-6-12-25(22)33(19)18-21-9-3-2-8-20(21)17-31)16-27-28(34)32(29(35)37-27)14-15-36-26-13-7-5-11-24(26)30/h2-13,16H,14-15,18H2,1H3/b27-16-. The third kappa shape index (κ3) is 4.86. The van der Waals surface area contributed by atoms with E-state index in [-0.39, 0.29) is 24.3 Å². The van der Waals surface area contributed by atoms with Crippen LogP contribution in [0.25, 0.3) is 17.0 Å². The quantitative estimate of drug-likeness (QED) is 0.252. The van der Waals surface area contributed by atoms with Crippen molar-refractivity contribution >= 4 is 51.5 Å². The first-order valence-electron chi connectivity index (χ1n) is 11.7. The summed E-state index contributed by atoms with van der Waals surface area (Å²) >= 11 is 7.05. The zero-order valence-corrected chi connectivity index (χ0v) is 21.6. The van der Waals surface area contributed by atoms with E-state index in [1.54, 1.807) is 24.3 Å². The second kappa shape index (κ2) is 10.6. The molecule has 6 nitrogen and oxygen atoms in total. The fraction of sp³-hybridized carbons (Fsp3) is 0.138. The van der Waals surface area contributed by atoms with Crippen LogP contribution in [0.15, 0.2) is 77.7 Å². The van der Waals surface area contributed by atoms with Crippen molar-refractivity contribution in [3.05, 3.63) is 105 Å². The molecule has 184 valence electrons. The number of nitriles is 1. The van der Waals surface area contributed by atoms with Gasteiger partial charge in [0.1, 0.15) is 12.4 Å². The first kappa shape index (κ1) is 24.7. The van der Waals surface area contributed by atoms with Gasteiger partial charge in [0.15, 0.2) is 0 Å². The Morgan fingerprint density at radius 2 is 1.76 bits per heavy atom. The van der Waals surface area contributed by atoms with Gasteiger partial charge in [0.25, 0.3) is 11.1 Å². The second-order valence-corrected chi connectivity index (χ2v) is 9.88. The molecule has 0 bridgehead atoms. The van der Waals surface area contributed by atoms with Crippen LogP contribution in [0.4, 0.5) is 4.79 Å². The Bertz CT molecular complexity index is 1600. The summed E-state index contributed by atoms with van der Waals surface area (Å²) in [6.07, 6.45) is 1.80. The maximum Gasteiger partial charge on any atom is 0.293 e. The monoisotopic (exact) mass is 527 g/mol. The number of imide groups is 1. The van der Waals surface area contributed by atoms with Crippen molar-refractivity contribution < 1.29 is 14.3 Å². The number of amides is 2. The number of carbonyl (C=O) groups is 2. The number of thioether (sulfide) groups is 1. The van der Waals surface area contributed by atoms with Crippen molar-refractivity contribution in [1.82, 2.24) is 9.47 Å². The summed E-state index contributed by atoms with van der Waals surface area (Å²) in [6, 6.07) is 24.8. The highest BCUT2D eigenvalue weighted by Crippen LogP contribution is 2.36. The van der Waals surface area contributed by atoms with E-state index in [1.165, 1.54) is 4.90 Å². The van der Waals surface area contributed by atoms with Crippen molar-refractivity contribution in [3.63, 3.8) is 0 Å². The molecule has 1 saturated heterocycles. The van der Waals surface area contributed by atoms with E-state index in [4.69, 9.17) is 16.3 Å². The Kier molecular flexibility index (Phi) is 7.04. The van der Waals surface area contributed by atoms with Crippen LogP contribution in [-0.2, 0) is 11.3 Å². The number of halogens is 1. The van der Waals surface area contributed by atoms with E-state index >= 15 is 0 Å². The first-order valence-corrected chi connectivity index (χ1v) is 12.9. The molecule has 3 aromatic carbocycles. The molecule has 1 aliphatic rings. The third-order valence-electron chi connectivity index (χ3n) is 6.30. The molecule has 0 aliphatic carbocycles. The van der Waals surface area contributed by atoms with Crippen LogP contribution in [-0.4, -0.2) is 33.8 Å². The lowest BCUT2D eigenvalue weighted by Gasteiger charge is -2.13. The zero-order valence-electron chi connectivity index (χ0n) is 20.0. The van der Waals surface area contributed by atoms with Gasteiger partial charge in [-0.15, -0.1) is 0 Å². The van der Waals surface area contributed by atoms with E-state index in [0.717, 1.165) is 39.5 Å². The van der Waals surface area contributed by atoms with Crippen molar-refractivity contribution in [2.45, 2.75) is 13.5 Å². The lowest BCUT2D eigenvalue weighted by Crippen LogP contribution is -2.32. The van der Waals surface area contributed by atoms with Crippen molar-refractivity contribution in [2.24, 2.45) is 0 Å². The number of rotatable bonds is 7. The molecule has 0 spiro atoms. The second-order valence-electron chi connectivity index (χ2n) is 8.48. The Balaban J connectivity index is 1.42. The number of aromatic nitrogens is 1. The molecule has 0 N–H and O–H groups in total.